The quantitative estimate of drug-likeness (QED) is 0.243. The predicted octanol–water partition coefficient (Wildman–Crippen LogP) is -1.77. The second-order valence-corrected chi connectivity index (χ2v) is 8.01. The Morgan fingerprint density at radius 2 is 1.31 bits per heavy atom. The van der Waals surface area contributed by atoms with Gasteiger partial charge in [-0.2, -0.15) is 0 Å². The van der Waals surface area contributed by atoms with Crippen molar-refractivity contribution < 1.29 is 24.5 Å². The summed E-state index contributed by atoms with van der Waals surface area (Å²) >= 11 is 0. The lowest BCUT2D eigenvalue weighted by molar-refractivity contribution is -0.555. The van der Waals surface area contributed by atoms with E-state index >= 15 is 0 Å². The molecule has 0 aliphatic heterocycles. The first-order valence-electron chi connectivity index (χ1n) is 10.5. The number of amides is 4. The van der Waals surface area contributed by atoms with E-state index < -0.39 is 11.8 Å². The molecule has 15 nitrogen and oxygen atoms in total. The highest BCUT2D eigenvalue weighted by molar-refractivity contribution is 6.04. The number of nitrogens with zero attached hydrogens (tertiary/aromatic N) is 7. The number of nitrogens with one attached hydrogen (secondary N) is 3. The molecule has 3 heterocycles. The molecule has 0 aromatic carbocycles. The smallest absolute Gasteiger partial charge is 0.328 e. The summed E-state index contributed by atoms with van der Waals surface area (Å²) in [6, 6.07) is 0. The highest BCUT2D eigenvalue weighted by Gasteiger charge is 2.22. The second kappa shape index (κ2) is 10.7. The van der Waals surface area contributed by atoms with Crippen molar-refractivity contribution in [3.8, 4) is 0 Å². The highest BCUT2D eigenvalue weighted by Crippen LogP contribution is 2.13. The van der Waals surface area contributed by atoms with Crippen LogP contribution in [0.5, 0.6) is 0 Å². The fraction of sp³-hybridized carbons (Fsp3) is 0.350. The first-order chi connectivity index (χ1) is 16.6. The third-order valence-electron chi connectivity index (χ3n) is 4.85. The van der Waals surface area contributed by atoms with E-state index in [1.54, 1.807) is 26.5 Å². The second-order valence-electron chi connectivity index (χ2n) is 8.01. The zero-order valence-electron chi connectivity index (χ0n) is 20.1. The van der Waals surface area contributed by atoms with Crippen LogP contribution in [0.2, 0.25) is 0 Å². The van der Waals surface area contributed by atoms with Crippen molar-refractivity contribution in [1.82, 2.24) is 33.6 Å². The van der Waals surface area contributed by atoms with Crippen LogP contribution in [-0.2, 0) is 25.9 Å². The van der Waals surface area contributed by atoms with Gasteiger partial charge in [-0.25, -0.2) is 19.7 Å². The molecule has 3 rings (SSSR count). The van der Waals surface area contributed by atoms with Crippen LogP contribution in [-0.4, -0.2) is 84.9 Å². The summed E-state index contributed by atoms with van der Waals surface area (Å²) in [6.07, 6.45) is 4.93. The number of aromatic nitrogens is 6. The molecule has 35 heavy (non-hydrogen) atoms. The Balaban J connectivity index is 1.66. The highest BCUT2D eigenvalue weighted by atomic mass is 16.2. The maximum absolute atomic E-state index is 12.8. The fourth-order valence-electron chi connectivity index (χ4n) is 3.19. The summed E-state index contributed by atoms with van der Waals surface area (Å²) in [6.45, 7) is 1.31. The lowest BCUT2D eigenvalue weighted by Gasteiger charge is -2.06. The van der Waals surface area contributed by atoms with Gasteiger partial charge in [-0.3, -0.25) is 19.7 Å². The molecule has 0 bridgehead atoms. The predicted molar refractivity (Wildman–Crippen MR) is 125 cm³/mol. The lowest BCUT2D eigenvalue weighted by Crippen LogP contribution is -2.89. The van der Waals surface area contributed by atoms with Gasteiger partial charge in [-0.1, -0.05) is 0 Å². The van der Waals surface area contributed by atoms with Gasteiger partial charge in [0.2, 0.25) is 23.9 Å². The molecule has 0 radical (unpaired) electrons. The van der Waals surface area contributed by atoms with E-state index in [1.165, 1.54) is 32.3 Å². The van der Waals surface area contributed by atoms with Crippen molar-refractivity contribution in [2.45, 2.75) is 0 Å². The standard InChI is InChI=1S/C20H27N11O4/c1-28(2)7-6-21-18(33)15-24-13(9-30(15)4)26-20(35)17-25-14(10-31(17)5)27-19(34)16-23-12(22-11-32)8-29(16)3/h8-11H,6-7H2,1-5H3,(H,21,33)(H,22,32)(H,26,35)(H,27,34)/p+1. The topological polar surface area (TPSA) is 178 Å². The van der Waals surface area contributed by atoms with Gasteiger partial charge in [0.25, 0.3) is 11.8 Å². The van der Waals surface area contributed by atoms with Crippen molar-refractivity contribution in [1.29, 1.82) is 0 Å². The molecular formula is C20H28N11O4+. The zero-order chi connectivity index (χ0) is 25.7. The van der Waals surface area contributed by atoms with Gasteiger partial charge >= 0.3 is 5.91 Å². The van der Waals surface area contributed by atoms with Gasteiger partial charge in [-0.05, 0) is 14.1 Å². The molecule has 186 valence electrons. The minimum absolute atomic E-state index is 0.0134. The average Bonchev–Trinajstić information content (AvgIpc) is 3.44. The van der Waals surface area contributed by atoms with E-state index in [-0.39, 0.29) is 40.8 Å². The molecule has 3 aromatic rings. The number of quaternary nitrogens is 1. The van der Waals surface area contributed by atoms with Crippen LogP contribution in [0.25, 0.3) is 0 Å². The Bertz CT molecular complexity index is 1250. The van der Waals surface area contributed by atoms with E-state index in [2.05, 4.69) is 30.9 Å². The maximum atomic E-state index is 12.8. The minimum Gasteiger partial charge on any atom is -0.328 e. The van der Waals surface area contributed by atoms with Gasteiger partial charge in [0.15, 0.2) is 17.5 Å². The molecule has 3 aromatic heterocycles. The summed E-state index contributed by atoms with van der Waals surface area (Å²) < 4.78 is 4.41. The van der Waals surface area contributed by atoms with E-state index in [4.69, 9.17) is 0 Å². The Hall–Kier alpha value is -4.37. The number of nitrogens with two attached hydrogens (primary N) is 1. The number of anilines is 3. The summed E-state index contributed by atoms with van der Waals surface area (Å²) in [5, 5.41) is 9.11. The summed E-state index contributed by atoms with van der Waals surface area (Å²) in [5.41, 5.74) is 0. The maximum Gasteiger partial charge on any atom is 0.378 e. The van der Waals surface area contributed by atoms with Crippen molar-refractivity contribution >= 4 is 41.6 Å². The van der Waals surface area contributed by atoms with Crippen molar-refractivity contribution in [3.05, 3.63) is 36.1 Å². The summed E-state index contributed by atoms with van der Waals surface area (Å²) in [4.78, 5) is 62.6. The number of rotatable bonds is 10. The van der Waals surface area contributed by atoms with E-state index in [1.807, 2.05) is 19.0 Å². The molecule has 15 heteroatoms. The van der Waals surface area contributed by atoms with Crippen LogP contribution in [0.3, 0.4) is 0 Å². The number of hydrogen-bond donors (Lipinski definition) is 4. The van der Waals surface area contributed by atoms with Crippen molar-refractivity contribution in [3.63, 3.8) is 0 Å². The van der Waals surface area contributed by atoms with E-state index in [9.17, 15) is 19.2 Å². The SMILES string of the molecule is CN(C)CC[NH2+]C(=O)c1nc(NC(=O)c2nc(NC(=O)c3nc(NC=O)cn3C)cn2C)cn1C. The van der Waals surface area contributed by atoms with Gasteiger partial charge < -0.3 is 34.6 Å². The van der Waals surface area contributed by atoms with Gasteiger partial charge in [0, 0.05) is 46.3 Å². The Kier molecular flexibility index (Phi) is 7.73. The van der Waals surface area contributed by atoms with Crippen LogP contribution in [0.4, 0.5) is 17.5 Å². The molecule has 0 saturated carbocycles. The Morgan fingerprint density at radius 1 is 0.857 bits per heavy atom. The Morgan fingerprint density at radius 3 is 1.83 bits per heavy atom. The number of carbonyl (C=O) groups is 4. The van der Waals surface area contributed by atoms with Gasteiger partial charge in [0.05, 0.1) is 6.54 Å². The Labute approximate surface area is 200 Å². The number of aryl methyl sites for hydroxylation is 3. The zero-order valence-corrected chi connectivity index (χ0v) is 20.1. The third-order valence-corrected chi connectivity index (χ3v) is 4.85. The number of likely N-dealkylation sites (N-methyl/N-ethyl adjacent to an activating group) is 1. The third kappa shape index (κ3) is 6.15. The fourth-order valence-corrected chi connectivity index (χ4v) is 3.19. The van der Waals surface area contributed by atoms with Gasteiger partial charge in [0.1, 0.15) is 0 Å². The van der Waals surface area contributed by atoms with Crippen molar-refractivity contribution in [2.75, 3.05) is 43.1 Å². The molecule has 0 spiro atoms. The van der Waals surface area contributed by atoms with Crippen LogP contribution >= 0.6 is 0 Å². The van der Waals surface area contributed by atoms with Crippen LogP contribution in [0.1, 0.15) is 31.9 Å². The molecule has 5 N–H and O–H groups in total. The minimum atomic E-state index is -0.574. The number of hydrogen-bond acceptors (Lipinski definition) is 8. The largest absolute Gasteiger partial charge is 0.378 e. The van der Waals surface area contributed by atoms with E-state index in [0.717, 1.165) is 6.54 Å². The first-order valence-corrected chi connectivity index (χ1v) is 10.5. The monoisotopic (exact) mass is 486 g/mol. The van der Waals surface area contributed by atoms with E-state index in [0.29, 0.717) is 13.0 Å². The van der Waals surface area contributed by atoms with Crippen molar-refractivity contribution in [2.24, 2.45) is 21.1 Å². The number of carbonyl (C=O) groups excluding carboxylic acids is 4. The molecule has 0 aliphatic rings. The molecule has 0 unspecified atom stereocenters. The molecule has 0 saturated heterocycles. The average molecular weight is 487 g/mol. The molecular weight excluding hydrogens is 458 g/mol. The van der Waals surface area contributed by atoms with Crippen LogP contribution < -0.4 is 21.3 Å². The summed E-state index contributed by atoms with van der Waals surface area (Å²) in [5.74, 6) is -0.591. The number of imidazole rings is 3. The molecule has 4 amide bonds. The molecule has 0 aliphatic carbocycles. The normalized spacial score (nSPS) is 10.9. The number of primary amides is 1. The van der Waals surface area contributed by atoms with Gasteiger partial charge in [-0.15, -0.1) is 0 Å². The molecule has 0 atom stereocenters. The van der Waals surface area contributed by atoms with Crippen LogP contribution in [0, 0.1) is 0 Å². The van der Waals surface area contributed by atoms with Crippen LogP contribution in [0.15, 0.2) is 18.6 Å². The first kappa shape index (κ1) is 25.3. The summed E-state index contributed by atoms with van der Waals surface area (Å²) in [7, 11) is 8.70. The lowest BCUT2D eigenvalue weighted by atomic mass is 10.5. The molecule has 0 fully saturated rings.